The first-order chi connectivity index (χ1) is 9.99. The second-order valence-electron chi connectivity index (χ2n) is 5.64. The zero-order chi connectivity index (χ0) is 15.8. The lowest BCUT2D eigenvalue weighted by molar-refractivity contribution is -0.132. The fourth-order valence-corrected chi connectivity index (χ4v) is 2.48. The van der Waals surface area contributed by atoms with Crippen LogP contribution in [0.5, 0.6) is 0 Å². The Balaban J connectivity index is 2.59. The molecule has 1 amide bonds. The zero-order valence-electron chi connectivity index (χ0n) is 14.0. The smallest absolute Gasteiger partial charge is 0.237 e. The summed E-state index contributed by atoms with van der Waals surface area (Å²) in [7, 11) is 3.56. The van der Waals surface area contributed by atoms with E-state index in [1.165, 1.54) is 0 Å². The van der Waals surface area contributed by atoms with Gasteiger partial charge in [0.05, 0.1) is 19.2 Å². The summed E-state index contributed by atoms with van der Waals surface area (Å²) in [5, 5.41) is 0. The first-order valence-electron chi connectivity index (χ1n) is 7.69. The number of hydrogen-bond acceptors (Lipinski definition) is 4. The maximum absolute atomic E-state index is 12.5. The van der Waals surface area contributed by atoms with Crippen LogP contribution in [0.4, 0.5) is 0 Å². The van der Waals surface area contributed by atoms with Crippen molar-refractivity contribution in [3.63, 3.8) is 0 Å². The van der Waals surface area contributed by atoms with Gasteiger partial charge in [0.15, 0.2) is 0 Å². The van der Waals surface area contributed by atoms with Gasteiger partial charge in [-0.05, 0) is 33.2 Å². The molecule has 1 aliphatic heterocycles. The van der Waals surface area contributed by atoms with E-state index in [9.17, 15) is 4.79 Å². The fraction of sp³-hybridized carbons (Fsp3) is 0.750. The minimum atomic E-state index is 0.0858. The van der Waals surface area contributed by atoms with E-state index in [1.54, 1.807) is 7.11 Å². The second kappa shape index (κ2) is 8.95. The molecule has 2 unspecified atom stereocenters. The van der Waals surface area contributed by atoms with E-state index in [1.807, 2.05) is 25.1 Å². The Hall–Kier alpha value is -1.20. The SMILES string of the molecule is CCN(CC(=O)N(C)C1C=NC(C)=CCC1)C(C)COC. The van der Waals surface area contributed by atoms with E-state index in [-0.39, 0.29) is 18.0 Å². The Kier molecular flexibility index (Phi) is 7.61. The van der Waals surface area contributed by atoms with Crippen molar-refractivity contribution < 1.29 is 9.53 Å². The largest absolute Gasteiger partial charge is 0.383 e. The van der Waals surface area contributed by atoms with Gasteiger partial charge in [-0.2, -0.15) is 0 Å². The summed E-state index contributed by atoms with van der Waals surface area (Å²) in [5.41, 5.74) is 1.03. The highest BCUT2D eigenvalue weighted by atomic mass is 16.5. The molecule has 0 aromatic heterocycles. The molecule has 1 heterocycles. The Morgan fingerprint density at radius 2 is 2.29 bits per heavy atom. The van der Waals surface area contributed by atoms with Crippen LogP contribution in [0.2, 0.25) is 0 Å². The number of rotatable bonds is 7. The summed E-state index contributed by atoms with van der Waals surface area (Å²) in [4.78, 5) is 20.8. The lowest BCUT2D eigenvalue weighted by Gasteiger charge is -2.31. The molecule has 0 saturated heterocycles. The van der Waals surface area contributed by atoms with Crippen molar-refractivity contribution in [2.24, 2.45) is 4.99 Å². The molecule has 0 bridgehead atoms. The maximum Gasteiger partial charge on any atom is 0.237 e. The Morgan fingerprint density at radius 3 is 2.90 bits per heavy atom. The number of carbonyl (C=O) groups excluding carboxylic acids is 1. The normalized spacial score (nSPS) is 20.1. The molecule has 1 rings (SSSR count). The topological polar surface area (TPSA) is 45.1 Å². The molecule has 0 aromatic carbocycles. The first kappa shape index (κ1) is 17.9. The molecule has 120 valence electrons. The summed E-state index contributed by atoms with van der Waals surface area (Å²) < 4.78 is 5.18. The van der Waals surface area contributed by atoms with Gasteiger partial charge in [0.2, 0.25) is 5.91 Å². The highest BCUT2D eigenvalue weighted by Gasteiger charge is 2.22. The molecule has 0 aliphatic carbocycles. The van der Waals surface area contributed by atoms with E-state index >= 15 is 0 Å². The van der Waals surface area contributed by atoms with Gasteiger partial charge < -0.3 is 9.64 Å². The van der Waals surface area contributed by atoms with Crippen molar-refractivity contribution in [1.82, 2.24) is 9.80 Å². The van der Waals surface area contributed by atoms with E-state index < -0.39 is 0 Å². The summed E-state index contributed by atoms with van der Waals surface area (Å²) in [6.45, 7) is 8.04. The summed E-state index contributed by atoms with van der Waals surface area (Å²) in [6, 6.07) is 0.326. The predicted molar refractivity (Wildman–Crippen MR) is 86.6 cm³/mol. The lowest BCUT2D eigenvalue weighted by Crippen LogP contribution is -2.47. The number of aliphatic imine (C=N–C) groups is 1. The third-order valence-electron chi connectivity index (χ3n) is 4.02. The van der Waals surface area contributed by atoms with Crippen molar-refractivity contribution in [3.05, 3.63) is 11.8 Å². The van der Waals surface area contributed by atoms with Crippen LogP contribution >= 0.6 is 0 Å². The number of carbonyl (C=O) groups is 1. The standard InChI is InChI=1S/C16H29N3O2/c1-6-19(14(3)12-21-5)11-16(20)18(4)15-9-7-8-13(2)17-10-15/h8,10,14-15H,6-7,9,11-12H2,1-5H3. The molecule has 0 N–H and O–H groups in total. The van der Waals surface area contributed by atoms with Gasteiger partial charge in [-0.3, -0.25) is 14.7 Å². The number of amides is 1. The van der Waals surface area contributed by atoms with Crippen LogP contribution < -0.4 is 0 Å². The van der Waals surface area contributed by atoms with Crippen molar-refractivity contribution in [2.75, 3.05) is 33.9 Å². The monoisotopic (exact) mass is 295 g/mol. The molecular formula is C16H29N3O2. The Labute approximate surface area is 128 Å². The van der Waals surface area contributed by atoms with Crippen LogP contribution in [0, 0.1) is 0 Å². The van der Waals surface area contributed by atoms with Crippen molar-refractivity contribution in [2.45, 2.75) is 45.7 Å². The van der Waals surface area contributed by atoms with Gasteiger partial charge in [-0.15, -0.1) is 0 Å². The third kappa shape index (κ3) is 5.59. The Morgan fingerprint density at radius 1 is 1.57 bits per heavy atom. The average molecular weight is 295 g/mol. The number of likely N-dealkylation sites (N-methyl/N-ethyl adjacent to an activating group) is 2. The molecule has 0 fully saturated rings. The predicted octanol–water partition coefficient (Wildman–Crippen LogP) is 1.94. The van der Waals surface area contributed by atoms with Crippen LogP contribution in [-0.4, -0.2) is 67.9 Å². The van der Waals surface area contributed by atoms with Gasteiger partial charge >= 0.3 is 0 Å². The molecule has 2 atom stereocenters. The number of allylic oxidation sites excluding steroid dienone is 2. The third-order valence-corrected chi connectivity index (χ3v) is 4.02. The zero-order valence-corrected chi connectivity index (χ0v) is 14.0. The highest BCUT2D eigenvalue weighted by Crippen LogP contribution is 2.12. The second-order valence-corrected chi connectivity index (χ2v) is 5.64. The fourth-order valence-electron chi connectivity index (χ4n) is 2.48. The van der Waals surface area contributed by atoms with E-state index in [4.69, 9.17) is 4.74 Å². The van der Waals surface area contributed by atoms with E-state index in [0.29, 0.717) is 13.2 Å². The van der Waals surface area contributed by atoms with Gasteiger partial charge in [-0.25, -0.2) is 0 Å². The van der Waals surface area contributed by atoms with Crippen LogP contribution in [0.3, 0.4) is 0 Å². The van der Waals surface area contributed by atoms with Crippen molar-refractivity contribution in [1.29, 1.82) is 0 Å². The highest BCUT2D eigenvalue weighted by molar-refractivity contribution is 5.82. The molecule has 0 saturated carbocycles. The lowest BCUT2D eigenvalue weighted by atomic mass is 10.1. The van der Waals surface area contributed by atoms with Gasteiger partial charge in [0.1, 0.15) is 0 Å². The molecular weight excluding hydrogens is 266 g/mol. The number of ether oxygens (including phenoxy) is 1. The van der Waals surface area contributed by atoms with Crippen molar-refractivity contribution >= 4 is 12.1 Å². The van der Waals surface area contributed by atoms with Crippen molar-refractivity contribution in [3.8, 4) is 0 Å². The maximum atomic E-state index is 12.5. The number of methoxy groups -OCH3 is 1. The van der Waals surface area contributed by atoms with Crippen LogP contribution in [0.25, 0.3) is 0 Å². The molecule has 5 nitrogen and oxygen atoms in total. The van der Waals surface area contributed by atoms with Gasteiger partial charge in [0.25, 0.3) is 0 Å². The van der Waals surface area contributed by atoms with E-state index in [2.05, 4.69) is 29.8 Å². The van der Waals surface area contributed by atoms with Gasteiger partial charge in [-0.1, -0.05) is 13.0 Å². The molecule has 0 radical (unpaired) electrons. The molecule has 1 aliphatic rings. The minimum absolute atomic E-state index is 0.0858. The molecule has 0 aromatic rings. The first-order valence-corrected chi connectivity index (χ1v) is 7.69. The average Bonchev–Trinajstić information content (AvgIpc) is 2.68. The van der Waals surface area contributed by atoms with Crippen LogP contribution in [0.15, 0.2) is 16.8 Å². The number of nitrogens with zero attached hydrogens (tertiary/aromatic N) is 3. The summed E-state index contributed by atoms with van der Waals surface area (Å²) in [5.74, 6) is 0.135. The summed E-state index contributed by atoms with van der Waals surface area (Å²) in [6.07, 6.45) is 5.91. The number of hydrogen-bond donors (Lipinski definition) is 0. The van der Waals surface area contributed by atoms with Crippen LogP contribution in [-0.2, 0) is 9.53 Å². The molecule has 0 spiro atoms. The quantitative estimate of drug-likeness (QED) is 0.721. The van der Waals surface area contributed by atoms with Crippen LogP contribution in [0.1, 0.15) is 33.6 Å². The van der Waals surface area contributed by atoms with E-state index in [0.717, 1.165) is 25.1 Å². The molecule has 21 heavy (non-hydrogen) atoms. The Bertz CT molecular complexity index is 393. The van der Waals surface area contributed by atoms with Gasteiger partial charge in [0, 0.05) is 32.1 Å². The summed E-state index contributed by atoms with van der Waals surface area (Å²) >= 11 is 0. The minimum Gasteiger partial charge on any atom is -0.383 e. The molecule has 5 heteroatoms.